The van der Waals surface area contributed by atoms with Crippen LogP contribution in [0.4, 0.5) is 0 Å². The zero-order valence-corrected chi connectivity index (χ0v) is 9.48. The van der Waals surface area contributed by atoms with Crippen LogP contribution in [-0.2, 0) is 11.2 Å². The lowest BCUT2D eigenvalue weighted by atomic mass is 10.0. The topological polar surface area (TPSA) is 92.4 Å². The van der Waals surface area contributed by atoms with Crippen LogP contribution in [0.15, 0.2) is 24.3 Å². The number of nitrogens with one attached hydrogen (secondary N) is 1. The van der Waals surface area contributed by atoms with Crippen LogP contribution >= 0.6 is 0 Å². The molecule has 0 aromatic heterocycles. The summed E-state index contributed by atoms with van der Waals surface area (Å²) in [4.78, 5) is 22.1. The van der Waals surface area contributed by atoms with Crippen molar-refractivity contribution >= 4 is 11.9 Å². The molecule has 1 aromatic rings. The van der Waals surface area contributed by atoms with E-state index in [4.69, 9.17) is 10.8 Å². The van der Waals surface area contributed by atoms with Gasteiger partial charge in [0.15, 0.2) is 0 Å². The standard InChI is InChI=1S/C12H16N2O3/c13-7-5-9-3-1-2-4-10(9)12(17)14-8-6-11(15)16/h1-4H,5-8,13H2,(H,14,17)(H,15,16). The Bertz CT molecular complexity index is 404. The van der Waals surface area contributed by atoms with E-state index in [2.05, 4.69) is 5.32 Å². The summed E-state index contributed by atoms with van der Waals surface area (Å²) in [6.07, 6.45) is 0.549. The SMILES string of the molecule is NCCc1ccccc1C(=O)NCCC(=O)O. The predicted octanol–water partition coefficient (Wildman–Crippen LogP) is 0.392. The Balaban J connectivity index is 2.64. The van der Waals surface area contributed by atoms with Crippen LogP contribution < -0.4 is 11.1 Å². The van der Waals surface area contributed by atoms with Crippen molar-refractivity contribution in [1.29, 1.82) is 0 Å². The monoisotopic (exact) mass is 236 g/mol. The van der Waals surface area contributed by atoms with Gasteiger partial charge in [-0.2, -0.15) is 0 Å². The molecule has 0 saturated carbocycles. The Morgan fingerprint density at radius 3 is 2.65 bits per heavy atom. The number of rotatable bonds is 6. The van der Waals surface area contributed by atoms with Crippen LogP contribution in [0, 0.1) is 0 Å². The van der Waals surface area contributed by atoms with Gasteiger partial charge in [0.05, 0.1) is 6.42 Å². The normalized spacial score (nSPS) is 9.94. The zero-order chi connectivity index (χ0) is 12.7. The van der Waals surface area contributed by atoms with E-state index in [1.165, 1.54) is 0 Å². The second-order valence-corrected chi connectivity index (χ2v) is 3.60. The number of carbonyl (C=O) groups excluding carboxylic acids is 1. The van der Waals surface area contributed by atoms with Gasteiger partial charge in [0.1, 0.15) is 0 Å². The highest BCUT2D eigenvalue weighted by molar-refractivity contribution is 5.95. The fraction of sp³-hybridized carbons (Fsp3) is 0.333. The summed E-state index contributed by atoms with van der Waals surface area (Å²) in [7, 11) is 0. The van der Waals surface area contributed by atoms with Crippen molar-refractivity contribution in [3.63, 3.8) is 0 Å². The molecule has 0 aliphatic rings. The average molecular weight is 236 g/mol. The summed E-state index contributed by atoms with van der Waals surface area (Å²) in [6.45, 7) is 0.602. The first-order valence-corrected chi connectivity index (χ1v) is 5.43. The Kier molecular flexibility index (Phi) is 5.16. The largest absolute Gasteiger partial charge is 0.481 e. The molecule has 0 fully saturated rings. The third-order valence-electron chi connectivity index (χ3n) is 2.30. The molecule has 0 saturated heterocycles. The van der Waals surface area contributed by atoms with Crippen LogP contribution in [-0.4, -0.2) is 30.1 Å². The first kappa shape index (κ1) is 13.2. The molecule has 17 heavy (non-hydrogen) atoms. The van der Waals surface area contributed by atoms with Gasteiger partial charge in [-0.15, -0.1) is 0 Å². The van der Waals surface area contributed by atoms with E-state index in [0.29, 0.717) is 18.5 Å². The van der Waals surface area contributed by atoms with Gasteiger partial charge in [0, 0.05) is 12.1 Å². The fourth-order valence-corrected chi connectivity index (χ4v) is 1.49. The van der Waals surface area contributed by atoms with Crippen molar-refractivity contribution < 1.29 is 14.7 Å². The molecule has 4 N–H and O–H groups in total. The first-order valence-electron chi connectivity index (χ1n) is 5.43. The Morgan fingerprint density at radius 1 is 1.29 bits per heavy atom. The number of hydrogen-bond acceptors (Lipinski definition) is 3. The molecule has 1 aromatic carbocycles. The van der Waals surface area contributed by atoms with Crippen molar-refractivity contribution in [2.75, 3.05) is 13.1 Å². The van der Waals surface area contributed by atoms with Crippen LogP contribution in [0.5, 0.6) is 0 Å². The molecule has 1 amide bonds. The van der Waals surface area contributed by atoms with Gasteiger partial charge in [-0.1, -0.05) is 18.2 Å². The van der Waals surface area contributed by atoms with Crippen LogP contribution in [0.3, 0.4) is 0 Å². The number of aliphatic carboxylic acids is 1. The van der Waals surface area contributed by atoms with Crippen LogP contribution in [0.1, 0.15) is 22.3 Å². The minimum atomic E-state index is -0.930. The molecule has 0 unspecified atom stereocenters. The highest BCUT2D eigenvalue weighted by Gasteiger charge is 2.09. The lowest BCUT2D eigenvalue weighted by Gasteiger charge is -2.08. The summed E-state index contributed by atoms with van der Waals surface area (Å²) in [6, 6.07) is 7.17. The van der Waals surface area contributed by atoms with Gasteiger partial charge in [0.25, 0.3) is 5.91 Å². The zero-order valence-electron chi connectivity index (χ0n) is 9.48. The Hall–Kier alpha value is -1.88. The first-order chi connectivity index (χ1) is 8.15. The molecular formula is C12H16N2O3. The molecule has 0 aliphatic heterocycles. The average Bonchev–Trinajstić information content (AvgIpc) is 2.29. The van der Waals surface area contributed by atoms with Gasteiger partial charge < -0.3 is 16.2 Å². The van der Waals surface area contributed by atoms with E-state index >= 15 is 0 Å². The number of carboxylic acid groups (broad SMARTS) is 1. The van der Waals surface area contributed by atoms with E-state index in [-0.39, 0.29) is 18.9 Å². The molecule has 0 radical (unpaired) electrons. The Labute approximate surface area is 99.6 Å². The number of amides is 1. The van der Waals surface area contributed by atoms with Gasteiger partial charge in [-0.25, -0.2) is 0 Å². The Morgan fingerprint density at radius 2 is 2.00 bits per heavy atom. The molecule has 0 spiro atoms. The van der Waals surface area contributed by atoms with Crippen LogP contribution in [0.2, 0.25) is 0 Å². The third kappa shape index (κ3) is 4.24. The third-order valence-corrected chi connectivity index (χ3v) is 2.30. The van der Waals surface area contributed by atoms with E-state index < -0.39 is 5.97 Å². The molecule has 1 rings (SSSR count). The minimum absolute atomic E-state index is 0.0786. The van der Waals surface area contributed by atoms with E-state index in [1.807, 2.05) is 12.1 Å². The predicted molar refractivity (Wildman–Crippen MR) is 63.8 cm³/mol. The number of carboxylic acids is 1. The number of hydrogen-bond donors (Lipinski definition) is 3. The van der Waals surface area contributed by atoms with Crippen molar-refractivity contribution in [3.8, 4) is 0 Å². The lowest BCUT2D eigenvalue weighted by molar-refractivity contribution is -0.136. The quantitative estimate of drug-likeness (QED) is 0.666. The summed E-state index contributed by atoms with van der Waals surface area (Å²) in [5, 5.41) is 11.0. The molecule has 0 atom stereocenters. The highest BCUT2D eigenvalue weighted by atomic mass is 16.4. The molecule has 5 nitrogen and oxygen atoms in total. The maximum Gasteiger partial charge on any atom is 0.305 e. The molecule has 92 valence electrons. The highest BCUT2D eigenvalue weighted by Crippen LogP contribution is 2.08. The van der Waals surface area contributed by atoms with Gasteiger partial charge in [-0.3, -0.25) is 9.59 Å². The molecular weight excluding hydrogens is 220 g/mol. The van der Waals surface area contributed by atoms with E-state index in [1.54, 1.807) is 12.1 Å². The minimum Gasteiger partial charge on any atom is -0.481 e. The van der Waals surface area contributed by atoms with Gasteiger partial charge in [0.2, 0.25) is 0 Å². The van der Waals surface area contributed by atoms with Crippen LogP contribution in [0.25, 0.3) is 0 Å². The van der Waals surface area contributed by atoms with Crippen molar-refractivity contribution in [2.45, 2.75) is 12.8 Å². The number of nitrogens with two attached hydrogens (primary N) is 1. The van der Waals surface area contributed by atoms with Crippen molar-refractivity contribution in [3.05, 3.63) is 35.4 Å². The van der Waals surface area contributed by atoms with Crippen molar-refractivity contribution in [2.24, 2.45) is 5.73 Å². The molecule has 0 heterocycles. The maximum atomic E-state index is 11.8. The smallest absolute Gasteiger partial charge is 0.305 e. The molecule has 0 bridgehead atoms. The maximum absolute atomic E-state index is 11.8. The summed E-state index contributed by atoms with van der Waals surface area (Å²) >= 11 is 0. The summed E-state index contributed by atoms with van der Waals surface area (Å²) in [5.74, 6) is -1.18. The summed E-state index contributed by atoms with van der Waals surface area (Å²) in [5.41, 5.74) is 6.90. The van der Waals surface area contributed by atoms with Gasteiger partial charge >= 0.3 is 5.97 Å². The molecule has 5 heteroatoms. The van der Waals surface area contributed by atoms with E-state index in [9.17, 15) is 9.59 Å². The summed E-state index contributed by atoms with van der Waals surface area (Å²) < 4.78 is 0. The second kappa shape index (κ2) is 6.65. The lowest BCUT2D eigenvalue weighted by Crippen LogP contribution is -2.27. The molecule has 0 aliphatic carbocycles. The van der Waals surface area contributed by atoms with Gasteiger partial charge in [-0.05, 0) is 24.6 Å². The number of carbonyl (C=O) groups is 2. The van der Waals surface area contributed by atoms with E-state index in [0.717, 1.165) is 5.56 Å². The number of benzene rings is 1. The fourth-order valence-electron chi connectivity index (χ4n) is 1.49. The van der Waals surface area contributed by atoms with Crippen molar-refractivity contribution in [1.82, 2.24) is 5.32 Å². The second-order valence-electron chi connectivity index (χ2n) is 3.60.